The highest BCUT2D eigenvalue weighted by atomic mass is 19.1. The second-order valence-electron chi connectivity index (χ2n) is 4.27. The molecule has 0 aliphatic rings. The highest BCUT2D eigenvalue weighted by Gasteiger charge is 2.11. The number of nitrogens with one attached hydrogen (secondary N) is 1. The van der Waals surface area contributed by atoms with E-state index in [0.29, 0.717) is 5.56 Å². The van der Waals surface area contributed by atoms with Crippen molar-refractivity contribution in [3.8, 4) is 6.07 Å². The SMILES string of the molecule is Cc1cc(F)cc(C(=O)Nc2ccc(F)cc2C#N)c1. The van der Waals surface area contributed by atoms with Gasteiger partial charge in [0.25, 0.3) is 5.91 Å². The van der Waals surface area contributed by atoms with E-state index in [4.69, 9.17) is 5.26 Å². The van der Waals surface area contributed by atoms with Gasteiger partial charge in [0.05, 0.1) is 11.3 Å². The Hall–Kier alpha value is -2.74. The average Bonchev–Trinajstić information content (AvgIpc) is 2.39. The summed E-state index contributed by atoms with van der Waals surface area (Å²) in [4.78, 5) is 12.0. The summed E-state index contributed by atoms with van der Waals surface area (Å²) < 4.78 is 26.2. The molecule has 3 nitrogen and oxygen atoms in total. The summed E-state index contributed by atoms with van der Waals surface area (Å²) in [7, 11) is 0. The first-order valence-corrected chi connectivity index (χ1v) is 5.78. The molecule has 0 radical (unpaired) electrons. The zero-order chi connectivity index (χ0) is 14.7. The molecule has 0 fully saturated rings. The molecule has 0 spiro atoms. The zero-order valence-corrected chi connectivity index (χ0v) is 10.6. The lowest BCUT2D eigenvalue weighted by atomic mass is 10.1. The summed E-state index contributed by atoms with van der Waals surface area (Å²) in [6, 6.07) is 9.15. The van der Waals surface area contributed by atoms with Gasteiger partial charge in [-0.25, -0.2) is 8.78 Å². The highest BCUT2D eigenvalue weighted by Crippen LogP contribution is 2.18. The molecule has 0 unspecified atom stereocenters. The molecule has 0 saturated heterocycles. The van der Waals surface area contributed by atoms with Crippen molar-refractivity contribution in [1.82, 2.24) is 0 Å². The van der Waals surface area contributed by atoms with Crippen LogP contribution in [0.15, 0.2) is 36.4 Å². The van der Waals surface area contributed by atoms with Gasteiger partial charge in [0, 0.05) is 5.56 Å². The van der Waals surface area contributed by atoms with E-state index in [-0.39, 0.29) is 16.8 Å². The molecule has 20 heavy (non-hydrogen) atoms. The molecule has 5 heteroatoms. The summed E-state index contributed by atoms with van der Waals surface area (Å²) in [5.41, 5.74) is 0.928. The lowest BCUT2D eigenvalue weighted by molar-refractivity contribution is 0.102. The largest absolute Gasteiger partial charge is 0.321 e. The van der Waals surface area contributed by atoms with E-state index in [1.807, 2.05) is 0 Å². The summed E-state index contributed by atoms with van der Waals surface area (Å²) in [6.07, 6.45) is 0. The minimum atomic E-state index is -0.568. The number of halogens is 2. The Morgan fingerprint density at radius 3 is 2.55 bits per heavy atom. The lowest BCUT2D eigenvalue weighted by Crippen LogP contribution is -2.13. The number of hydrogen-bond donors (Lipinski definition) is 1. The maximum absolute atomic E-state index is 13.2. The van der Waals surface area contributed by atoms with Crippen molar-refractivity contribution in [3.05, 3.63) is 64.7 Å². The molecule has 2 rings (SSSR count). The van der Waals surface area contributed by atoms with Crippen LogP contribution < -0.4 is 5.32 Å². The van der Waals surface area contributed by atoms with Crippen molar-refractivity contribution in [1.29, 1.82) is 5.26 Å². The van der Waals surface area contributed by atoms with E-state index in [1.54, 1.807) is 13.0 Å². The molecule has 1 N–H and O–H groups in total. The number of carbonyl (C=O) groups is 1. The Kier molecular flexibility index (Phi) is 3.76. The molecule has 0 bridgehead atoms. The van der Waals surface area contributed by atoms with E-state index in [2.05, 4.69) is 5.32 Å². The number of benzene rings is 2. The van der Waals surface area contributed by atoms with Crippen LogP contribution >= 0.6 is 0 Å². The molecule has 2 aromatic carbocycles. The molecule has 0 atom stereocenters. The number of amides is 1. The van der Waals surface area contributed by atoms with Gasteiger partial charge in [-0.05, 0) is 48.9 Å². The third kappa shape index (κ3) is 2.98. The minimum absolute atomic E-state index is 0.00600. The number of anilines is 1. The standard InChI is InChI=1S/C15H10F2N2O/c1-9-4-10(6-13(17)5-9)15(20)19-14-3-2-12(16)7-11(14)8-18/h2-7H,1H3,(H,19,20). The van der Waals surface area contributed by atoms with E-state index in [1.165, 1.54) is 18.2 Å². The molecule has 0 saturated carbocycles. The van der Waals surface area contributed by atoms with Gasteiger partial charge in [-0.1, -0.05) is 0 Å². The quantitative estimate of drug-likeness (QED) is 0.911. The fourth-order valence-electron chi connectivity index (χ4n) is 1.78. The first kappa shape index (κ1) is 13.7. The predicted molar refractivity (Wildman–Crippen MR) is 70.2 cm³/mol. The summed E-state index contributed by atoms with van der Waals surface area (Å²) in [6.45, 7) is 1.67. The molecule has 0 heterocycles. The number of nitriles is 1. The van der Waals surface area contributed by atoms with Crippen LogP contribution in [-0.2, 0) is 0 Å². The Balaban J connectivity index is 2.30. The fourth-order valence-corrected chi connectivity index (χ4v) is 1.78. The Morgan fingerprint density at radius 1 is 1.15 bits per heavy atom. The Bertz CT molecular complexity index is 700. The summed E-state index contributed by atoms with van der Waals surface area (Å²) in [5.74, 6) is -1.65. The van der Waals surface area contributed by atoms with Crippen molar-refractivity contribution >= 4 is 11.6 Å². The van der Waals surface area contributed by atoms with Crippen molar-refractivity contribution in [2.45, 2.75) is 6.92 Å². The monoisotopic (exact) mass is 272 g/mol. The Morgan fingerprint density at radius 2 is 1.90 bits per heavy atom. The number of nitrogens with zero attached hydrogens (tertiary/aromatic N) is 1. The van der Waals surface area contributed by atoms with Gasteiger partial charge < -0.3 is 5.32 Å². The number of hydrogen-bond acceptors (Lipinski definition) is 2. The van der Waals surface area contributed by atoms with Crippen LogP contribution in [0.4, 0.5) is 14.5 Å². The molecular formula is C15H10F2N2O. The molecule has 0 aliphatic heterocycles. The molecule has 100 valence electrons. The van der Waals surface area contributed by atoms with Crippen LogP contribution in [0, 0.1) is 29.9 Å². The van der Waals surface area contributed by atoms with Crippen molar-refractivity contribution in [2.75, 3.05) is 5.32 Å². The van der Waals surface area contributed by atoms with E-state index >= 15 is 0 Å². The molecule has 1 amide bonds. The minimum Gasteiger partial charge on any atom is -0.321 e. The predicted octanol–water partition coefficient (Wildman–Crippen LogP) is 3.40. The van der Waals surface area contributed by atoms with Crippen LogP contribution in [0.3, 0.4) is 0 Å². The van der Waals surface area contributed by atoms with Gasteiger partial charge in [-0.3, -0.25) is 4.79 Å². The van der Waals surface area contributed by atoms with Gasteiger partial charge >= 0.3 is 0 Å². The van der Waals surface area contributed by atoms with Crippen molar-refractivity contribution in [2.24, 2.45) is 0 Å². The molecular weight excluding hydrogens is 262 g/mol. The van der Waals surface area contributed by atoms with Crippen LogP contribution in [0.2, 0.25) is 0 Å². The fraction of sp³-hybridized carbons (Fsp3) is 0.0667. The first-order chi connectivity index (χ1) is 9.49. The maximum atomic E-state index is 13.2. The normalized spacial score (nSPS) is 9.90. The highest BCUT2D eigenvalue weighted by molar-refractivity contribution is 6.05. The number of rotatable bonds is 2. The van der Waals surface area contributed by atoms with Gasteiger partial charge in [0.2, 0.25) is 0 Å². The lowest BCUT2D eigenvalue weighted by Gasteiger charge is -2.08. The number of carbonyl (C=O) groups excluding carboxylic acids is 1. The molecule has 2 aromatic rings. The second kappa shape index (κ2) is 5.49. The average molecular weight is 272 g/mol. The topological polar surface area (TPSA) is 52.9 Å². The van der Waals surface area contributed by atoms with Crippen LogP contribution in [0.1, 0.15) is 21.5 Å². The van der Waals surface area contributed by atoms with Crippen molar-refractivity contribution in [3.63, 3.8) is 0 Å². The maximum Gasteiger partial charge on any atom is 0.255 e. The zero-order valence-electron chi connectivity index (χ0n) is 10.6. The van der Waals surface area contributed by atoms with E-state index in [0.717, 1.165) is 18.2 Å². The third-order valence-corrected chi connectivity index (χ3v) is 2.65. The van der Waals surface area contributed by atoms with E-state index in [9.17, 15) is 13.6 Å². The van der Waals surface area contributed by atoms with Gasteiger partial charge in [0.15, 0.2) is 0 Å². The second-order valence-corrected chi connectivity index (χ2v) is 4.27. The van der Waals surface area contributed by atoms with Crippen molar-refractivity contribution < 1.29 is 13.6 Å². The summed E-state index contributed by atoms with van der Waals surface area (Å²) in [5, 5.41) is 11.4. The smallest absolute Gasteiger partial charge is 0.255 e. The van der Waals surface area contributed by atoms with Gasteiger partial charge in [-0.15, -0.1) is 0 Å². The first-order valence-electron chi connectivity index (χ1n) is 5.78. The third-order valence-electron chi connectivity index (χ3n) is 2.65. The van der Waals surface area contributed by atoms with E-state index < -0.39 is 17.5 Å². The van der Waals surface area contributed by atoms with Crippen LogP contribution in [-0.4, -0.2) is 5.91 Å². The van der Waals surface area contributed by atoms with Crippen LogP contribution in [0.25, 0.3) is 0 Å². The number of aryl methyl sites for hydroxylation is 1. The van der Waals surface area contributed by atoms with Crippen LogP contribution in [0.5, 0.6) is 0 Å². The molecule has 0 aromatic heterocycles. The molecule has 0 aliphatic carbocycles. The van der Waals surface area contributed by atoms with Gasteiger partial charge in [0.1, 0.15) is 17.7 Å². The Labute approximate surface area is 114 Å². The summed E-state index contributed by atoms with van der Waals surface area (Å²) >= 11 is 0. The van der Waals surface area contributed by atoms with Gasteiger partial charge in [-0.2, -0.15) is 5.26 Å².